The molecule has 2 atom stereocenters. The molecule has 0 saturated carbocycles. The molecule has 2 amide bonds. The topological polar surface area (TPSA) is 86.8 Å². The van der Waals surface area contributed by atoms with Crippen molar-refractivity contribution in [3.05, 3.63) is 93.4 Å². The zero-order valence-electron chi connectivity index (χ0n) is 21.8. The van der Waals surface area contributed by atoms with E-state index in [4.69, 9.17) is 34.8 Å². The zero-order chi connectivity index (χ0) is 28.7. The van der Waals surface area contributed by atoms with Gasteiger partial charge in [-0.2, -0.15) is 0 Å². The molecule has 0 spiro atoms. The molecule has 0 heterocycles. The third-order valence-corrected chi connectivity index (χ3v) is 8.94. The highest BCUT2D eigenvalue weighted by molar-refractivity contribution is 7.92. The average molecular weight is 611 g/mol. The molecule has 0 aliphatic carbocycles. The Morgan fingerprint density at radius 1 is 0.897 bits per heavy atom. The molecule has 0 fully saturated rings. The number of anilines is 1. The van der Waals surface area contributed by atoms with E-state index in [0.29, 0.717) is 22.0 Å². The molecule has 3 rings (SSSR count). The number of para-hydroxylation sites is 1. The molecule has 2 unspecified atom stereocenters. The van der Waals surface area contributed by atoms with Crippen LogP contribution in [0.1, 0.15) is 32.8 Å². The van der Waals surface area contributed by atoms with Crippen LogP contribution in [0, 0.1) is 0 Å². The van der Waals surface area contributed by atoms with Gasteiger partial charge in [0.2, 0.25) is 11.8 Å². The van der Waals surface area contributed by atoms with Gasteiger partial charge in [0.25, 0.3) is 10.0 Å². The summed E-state index contributed by atoms with van der Waals surface area (Å²) in [6.45, 7) is 4.73. The van der Waals surface area contributed by atoms with Gasteiger partial charge in [-0.3, -0.25) is 13.9 Å². The fourth-order valence-corrected chi connectivity index (χ4v) is 5.98. The van der Waals surface area contributed by atoms with E-state index in [1.807, 2.05) is 13.8 Å². The Morgan fingerprint density at radius 3 is 2.15 bits per heavy atom. The van der Waals surface area contributed by atoms with Crippen molar-refractivity contribution in [2.45, 2.75) is 50.7 Å². The molecule has 11 heteroatoms. The summed E-state index contributed by atoms with van der Waals surface area (Å²) in [5.74, 6) is -0.995. The predicted molar refractivity (Wildman–Crippen MR) is 157 cm³/mol. The summed E-state index contributed by atoms with van der Waals surface area (Å²) in [5.41, 5.74) is 0.686. The van der Waals surface area contributed by atoms with E-state index in [1.165, 1.54) is 23.1 Å². The Bertz CT molecular complexity index is 1420. The van der Waals surface area contributed by atoms with Gasteiger partial charge in [-0.1, -0.05) is 78.1 Å². The van der Waals surface area contributed by atoms with Gasteiger partial charge >= 0.3 is 0 Å². The van der Waals surface area contributed by atoms with Crippen molar-refractivity contribution in [2.75, 3.05) is 10.8 Å². The van der Waals surface area contributed by atoms with Crippen molar-refractivity contribution < 1.29 is 18.0 Å². The van der Waals surface area contributed by atoms with E-state index < -0.39 is 28.5 Å². The molecule has 0 saturated heterocycles. The number of sulfonamides is 1. The van der Waals surface area contributed by atoms with Crippen molar-refractivity contribution in [2.24, 2.45) is 0 Å². The normalized spacial score (nSPS) is 12.9. The SMILES string of the molecule is CCC(C)NC(=O)C(C)N(Cc1ccc(Cl)cc1Cl)C(=O)CN(c1ccccc1Cl)S(=O)(=O)c1ccccc1. The number of amides is 2. The van der Waals surface area contributed by atoms with Crippen LogP contribution in [-0.4, -0.2) is 43.8 Å². The number of benzene rings is 3. The molecular weight excluding hydrogens is 581 g/mol. The Kier molecular flexibility index (Phi) is 10.7. The van der Waals surface area contributed by atoms with Gasteiger partial charge < -0.3 is 10.2 Å². The van der Waals surface area contributed by atoms with Crippen molar-refractivity contribution >= 4 is 62.3 Å². The number of hydrogen-bond acceptors (Lipinski definition) is 4. The van der Waals surface area contributed by atoms with Gasteiger partial charge in [0.15, 0.2) is 0 Å². The van der Waals surface area contributed by atoms with Crippen LogP contribution in [0.15, 0.2) is 77.7 Å². The predicted octanol–water partition coefficient (Wildman–Crippen LogP) is 6.17. The highest BCUT2D eigenvalue weighted by atomic mass is 35.5. The van der Waals surface area contributed by atoms with Crippen LogP contribution < -0.4 is 9.62 Å². The standard InChI is InChI=1S/C28H30Cl3N3O4S/c1-4-19(2)32-28(36)20(3)33(17-21-14-15-22(29)16-25(21)31)27(35)18-34(26-13-9-8-12-24(26)30)39(37,38)23-10-6-5-7-11-23/h5-16,19-20H,4,17-18H2,1-3H3,(H,32,36). The van der Waals surface area contributed by atoms with Crippen LogP contribution in [0.4, 0.5) is 5.69 Å². The van der Waals surface area contributed by atoms with Crippen LogP contribution in [-0.2, 0) is 26.2 Å². The van der Waals surface area contributed by atoms with E-state index in [0.717, 1.165) is 4.31 Å². The largest absolute Gasteiger partial charge is 0.352 e. The molecule has 0 bridgehead atoms. The summed E-state index contributed by atoms with van der Waals surface area (Å²) < 4.78 is 28.5. The number of nitrogens with zero attached hydrogens (tertiary/aromatic N) is 2. The summed E-state index contributed by atoms with van der Waals surface area (Å²) in [4.78, 5) is 28.3. The van der Waals surface area contributed by atoms with Gasteiger partial charge in [-0.15, -0.1) is 0 Å². The minimum absolute atomic E-state index is 0.00687. The summed E-state index contributed by atoms with van der Waals surface area (Å²) in [6.07, 6.45) is 0.699. The number of rotatable bonds is 11. The Balaban J connectivity index is 2.05. The van der Waals surface area contributed by atoms with Crippen LogP contribution in [0.25, 0.3) is 0 Å². The number of halogens is 3. The summed E-state index contributed by atoms with van der Waals surface area (Å²) in [7, 11) is -4.20. The van der Waals surface area contributed by atoms with Crippen LogP contribution in [0.5, 0.6) is 0 Å². The molecule has 3 aromatic carbocycles. The number of hydrogen-bond donors (Lipinski definition) is 1. The van der Waals surface area contributed by atoms with Crippen molar-refractivity contribution in [3.8, 4) is 0 Å². The lowest BCUT2D eigenvalue weighted by molar-refractivity contribution is -0.139. The van der Waals surface area contributed by atoms with E-state index in [9.17, 15) is 18.0 Å². The van der Waals surface area contributed by atoms with Gasteiger partial charge in [0, 0.05) is 22.6 Å². The van der Waals surface area contributed by atoms with Crippen LogP contribution >= 0.6 is 34.8 Å². The monoisotopic (exact) mass is 609 g/mol. The van der Waals surface area contributed by atoms with E-state index in [2.05, 4.69) is 5.32 Å². The molecule has 0 aliphatic rings. The van der Waals surface area contributed by atoms with E-state index in [1.54, 1.807) is 61.5 Å². The van der Waals surface area contributed by atoms with Crippen LogP contribution in [0.2, 0.25) is 15.1 Å². The highest BCUT2D eigenvalue weighted by Gasteiger charge is 2.33. The first kappa shape index (κ1) is 30.8. The molecule has 39 heavy (non-hydrogen) atoms. The van der Waals surface area contributed by atoms with Crippen molar-refractivity contribution in [1.29, 1.82) is 0 Å². The smallest absolute Gasteiger partial charge is 0.264 e. The lowest BCUT2D eigenvalue weighted by Crippen LogP contribution is -2.52. The molecule has 3 aromatic rings. The molecular formula is C28H30Cl3N3O4S. The fraction of sp³-hybridized carbons (Fsp3) is 0.286. The minimum atomic E-state index is -4.20. The summed E-state index contributed by atoms with van der Waals surface area (Å²) in [5, 5.41) is 3.77. The van der Waals surface area contributed by atoms with Gasteiger partial charge in [0.05, 0.1) is 15.6 Å². The number of carbonyl (C=O) groups is 2. The molecule has 0 aromatic heterocycles. The van der Waals surface area contributed by atoms with Gasteiger partial charge in [-0.25, -0.2) is 8.42 Å². The molecule has 0 radical (unpaired) electrons. The fourth-order valence-electron chi connectivity index (χ4n) is 3.77. The lowest BCUT2D eigenvalue weighted by Gasteiger charge is -2.32. The highest BCUT2D eigenvalue weighted by Crippen LogP contribution is 2.31. The van der Waals surface area contributed by atoms with E-state index in [-0.39, 0.29) is 34.1 Å². The molecule has 0 aliphatic heterocycles. The molecule has 7 nitrogen and oxygen atoms in total. The maximum Gasteiger partial charge on any atom is 0.264 e. The quantitative estimate of drug-likeness (QED) is 0.281. The zero-order valence-corrected chi connectivity index (χ0v) is 24.9. The van der Waals surface area contributed by atoms with Crippen molar-refractivity contribution in [1.82, 2.24) is 10.2 Å². The Hall–Kier alpha value is -2.78. The number of nitrogens with one attached hydrogen (secondary N) is 1. The first-order valence-electron chi connectivity index (χ1n) is 12.3. The number of carbonyl (C=O) groups excluding carboxylic acids is 2. The minimum Gasteiger partial charge on any atom is -0.352 e. The Morgan fingerprint density at radius 2 is 1.54 bits per heavy atom. The van der Waals surface area contributed by atoms with E-state index >= 15 is 0 Å². The van der Waals surface area contributed by atoms with Crippen LogP contribution in [0.3, 0.4) is 0 Å². The first-order valence-corrected chi connectivity index (χ1v) is 14.9. The third kappa shape index (κ3) is 7.66. The molecule has 1 N–H and O–H groups in total. The van der Waals surface area contributed by atoms with Gasteiger partial charge in [-0.05, 0) is 62.2 Å². The maximum atomic E-state index is 13.9. The second kappa shape index (κ2) is 13.5. The summed E-state index contributed by atoms with van der Waals surface area (Å²) >= 11 is 18.8. The maximum absolute atomic E-state index is 13.9. The second-order valence-corrected chi connectivity index (χ2v) is 12.1. The average Bonchev–Trinajstić information content (AvgIpc) is 2.91. The second-order valence-electron chi connectivity index (χ2n) is 9.03. The first-order chi connectivity index (χ1) is 18.4. The lowest BCUT2D eigenvalue weighted by atomic mass is 10.1. The third-order valence-electron chi connectivity index (χ3n) is 6.26. The Labute approximate surface area is 244 Å². The summed E-state index contributed by atoms with van der Waals surface area (Å²) in [6, 6.07) is 17.9. The van der Waals surface area contributed by atoms with Gasteiger partial charge in [0.1, 0.15) is 12.6 Å². The van der Waals surface area contributed by atoms with Crippen molar-refractivity contribution in [3.63, 3.8) is 0 Å². The molecule has 208 valence electrons.